The van der Waals surface area contributed by atoms with E-state index in [0.717, 1.165) is 51.1 Å². The normalized spacial score (nSPS) is 20.5. The monoisotopic (exact) mass is 523 g/mol. The van der Waals surface area contributed by atoms with E-state index in [-0.39, 0.29) is 48.1 Å². The fourth-order valence-electron chi connectivity index (χ4n) is 5.42. The molecule has 0 radical (unpaired) electrons. The highest BCUT2D eigenvalue weighted by Crippen LogP contribution is 2.35. The van der Waals surface area contributed by atoms with E-state index in [2.05, 4.69) is 60.2 Å². The average molecular weight is 525 g/mol. The lowest BCUT2D eigenvalue weighted by atomic mass is 9.82. The third kappa shape index (κ3) is 7.42. The summed E-state index contributed by atoms with van der Waals surface area (Å²) in [5.41, 5.74) is 2.25. The largest absolute Gasteiger partial charge is 0.337 e. The van der Waals surface area contributed by atoms with Gasteiger partial charge in [-0.3, -0.25) is 9.69 Å². The van der Waals surface area contributed by atoms with E-state index in [4.69, 9.17) is 0 Å². The lowest BCUT2D eigenvalue weighted by molar-refractivity contribution is -0.141. The maximum absolute atomic E-state index is 13.7. The zero-order chi connectivity index (χ0) is 23.4. The van der Waals surface area contributed by atoms with Crippen molar-refractivity contribution >= 4 is 30.7 Å². The minimum Gasteiger partial charge on any atom is -0.337 e. The van der Waals surface area contributed by atoms with Crippen LogP contribution in [-0.2, 0) is 4.79 Å². The van der Waals surface area contributed by atoms with E-state index in [1.165, 1.54) is 5.56 Å². The fourth-order valence-corrected chi connectivity index (χ4v) is 5.42. The molecule has 2 aliphatic heterocycles. The second kappa shape index (κ2) is 13.0. The first-order valence-electron chi connectivity index (χ1n) is 12.4. The van der Waals surface area contributed by atoms with Crippen LogP contribution in [0.25, 0.3) is 0 Å². The molecular formula is C28H40Cl2FN3O. The Morgan fingerprint density at radius 3 is 2.17 bits per heavy atom. The second-order valence-corrected chi connectivity index (χ2v) is 10.7. The molecule has 0 saturated carbocycles. The topological polar surface area (TPSA) is 35.6 Å². The van der Waals surface area contributed by atoms with E-state index in [1.807, 2.05) is 18.2 Å². The zero-order valence-corrected chi connectivity index (χ0v) is 22.7. The van der Waals surface area contributed by atoms with Gasteiger partial charge in [0.2, 0.25) is 5.91 Å². The van der Waals surface area contributed by atoms with Crippen molar-refractivity contribution in [2.24, 2.45) is 11.3 Å². The van der Waals surface area contributed by atoms with Gasteiger partial charge < -0.3 is 10.2 Å². The number of nitrogens with zero attached hydrogens (tertiary/aromatic N) is 2. The SMILES string of the molecule is CC(C)(C)[C@H]1CN(C(c2ccccc2)c2ccc(F)cc2)CCN1C(=O)CC1CCNCC1.Cl.Cl. The zero-order valence-electron chi connectivity index (χ0n) is 21.1. The summed E-state index contributed by atoms with van der Waals surface area (Å²) in [6.45, 7) is 11.1. The minimum atomic E-state index is -0.216. The number of halogens is 3. The van der Waals surface area contributed by atoms with Gasteiger partial charge in [-0.15, -0.1) is 24.8 Å². The van der Waals surface area contributed by atoms with Crippen LogP contribution in [0.3, 0.4) is 0 Å². The van der Waals surface area contributed by atoms with Gasteiger partial charge in [-0.2, -0.15) is 0 Å². The minimum absolute atomic E-state index is 0. The molecule has 2 saturated heterocycles. The predicted octanol–water partition coefficient (Wildman–Crippen LogP) is 5.71. The molecule has 4 rings (SSSR count). The summed E-state index contributed by atoms with van der Waals surface area (Å²) in [4.78, 5) is 18.1. The van der Waals surface area contributed by atoms with Crippen LogP contribution in [0.2, 0.25) is 0 Å². The number of benzene rings is 2. The highest BCUT2D eigenvalue weighted by molar-refractivity contribution is 5.85. The molecule has 1 amide bonds. The first kappa shape index (κ1) is 29.6. The van der Waals surface area contributed by atoms with Crippen LogP contribution in [0.15, 0.2) is 54.6 Å². The number of amides is 1. The van der Waals surface area contributed by atoms with Crippen molar-refractivity contribution in [2.45, 2.75) is 52.1 Å². The van der Waals surface area contributed by atoms with E-state index in [0.29, 0.717) is 18.2 Å². The third-order valence-electron chi connectivity index (χ3n) is 7.32. The van der Waals surface area contributed by atoms with Gasteiger partial charge in [0, 0.05) is 32.1 Å². The molecule has 194 valence electrons. The van der Waals surface area contributed by atoms with Crippen LogP contribution < -0.4 is 5.32 Å². The van der Waals surface area contributed by atoms with Crippen LogP contribution in [0.5, 0.6) is 0 Å². The van der Waals surface area contributed by atoms with Crippen molar-refractivity contribution in [3.8, 4) is 0 Å². The maximum atomic E-state index is 13.7. The Labute approximate surface area is 222 Å². The summed E-state index contributed by atoms with van der Waals surface area (Å²) in [6.07, 6.45) is 2.84. The molecule has 0 spiro atoms. The van der Waals surface area contributed by atoms with Gasteiger partial charge in [0.25, 0.3) is 0 Å². The van der Waals surface area contributed by atoms with Crippen molar-refractivity contribution in [2.75, 3.05) is 32.7 Å². The van der Waals surface area contributed by atoms with Crippen molar-refractivity contribution in [1.82, 2.24) is 15.1 Å². The molecule has 0 aliphatic carbocycles. The highest BCUT2D eigenvalue weighted by Gasteiger charge is 2.40. The fraction of sp³-hybridized carbons (Fsp3) is 0.536. The maximum Gasteiger partial charge on any atom is 0.223 e. The molecular weight excluding hydrogens is 484 g/mol. The molecule has 1 unspecified atom stereocenters. The quantitative estimate of drug-likeness (QED) is 0.545. The molecule has 2 heterocycles. The average Bonchev–Trinajstić information content (AvgIpc) is 2.81. The van der Waals surface area contributed by atoms with E-state index >= 15 is 0 Å². The van der Waals surface area contributed by atoms with Crippen LogP contribution >= 0.6 is 24.8 Å². The van der Waals surface area contributed by atoms with E-state index in [9.17, 15) is 9.18 Å². The first-order valence-corrected chi connectivity index (χ1v) is 12.4. The van der Waals surface area contributed by atoms with Crippen LogP contribution in [0.1, 0.15) is 57.2 Å². The highest BCUT2D eigenvalue weighted by atomic mass is 35.5. The van der Waals surface area contributed by atoms with Gasteiger partial charge in [0.1, 0.15) is 5.82 Å². The summed E-state index contributed by atoms with van der Waals surface area (Å²) in [5, 5.41) is 3.40. The van der Waals surface area contributed by atoms with Gasteiger partial charge in [-0.1, -0.05) is 63.2 Å². The Bertz CT molecular complexity index is 914. The molecule has 0 bridgehead atoms. The Morgan fingerprint density at radius 2 is 1.57 bits per heavy atom. The first-order chi connectivity index (χ1) is 15.8. The molecule has 1 N–H and O–H groups in total. The third-order valence-corrected chi connectivity index (χ3v) is 7.32. The second-order valence-electron chi connectivity index (χ2n) is 10.7. The number of piperidine rings is 1. The van der Waals surface area contributed by atoms with E-state index < -0.39 is 0 Å². The molecule has 0 aromatic heterocycles. The van der Waals surface area contributed by atoms with Crippen molar-refractivity contribution in [3.05, 3.63) is 71.5 Å². The molecule has 35 heavy (non-hydrogen) atoms. The van der Waals surface area contributed by atoms with Gasteiger partial charge in [-0.25, -0.2) is 4.39 Å². The number of carbonyl (C=O) groups excluding carboxylic acids is 1. The smallest absolute Gasteiger partial charge is 0.223 e. The number of hydrogen-bond acceptors (Lipinski definition) is 3. The van der Waals surface area contributed by atoms with Crippen LogP contribution in [-0.4, -0.2) is 54.5 Å². The predicted molar refractivity (Wildman–Crippen MR) is 146 cm³/mol. The summed E-state index contributed by atoms with van der Waals surface area (Å²) in [7, 11) is 0. The van der Waals surface area contributed by atoms with Gasteiger partial charge in [0.05, 0.1) is 6.04 Å². The molecule has 2 aliphatic rings. The lowest BCUT2D eigenvalue weighted by Crippen LogP contribution is -2.60. The molecule has 4 nitrogen and oxygen atoms in total. The van der Waals surface area contributed by atoms with Crippen molar-refractivity contribution < 1.29 is 9.18 Å². The Kier molecular flexibility index (Phi) is 11.0. The lowest BCUT2D eigenvalue weighted by Gasteiger charge is -2.49. The van der Waals surface area contributed by atoms with Gasteiger partial charge in [-0.05, 0) is 60.5 Å². The Hall–Kier alpha value is -1.66. The number of hydrogen-bond donors (Lipinski definition) is 1. The molecule has 2 aromatic carbocycles. The Balaban J connectivity index is 0.00000216. The summed E-state index contributed by atoms with van der Waals surface area (Å²) in [6, 6.07) is 17.5. The van der Waals surface area contributed by atoms with Crippen LogP contribution in [0, 0.1) is 17.2 Å². The summed E-state index contributed by atoms with van der Waals surface area (Å²) in [5.74, 6) is 0.583. The number of piperazine rings is 1. The molecule has 2 atom stereocenters. The van der Waals surface area contributed by atoms with Gasteiger partial charge in [0.15, 0.2) is 0 Å². The summed E-state index contributed by atoms with van der Waals surface area (Å²) >= 11 is 0. The van der Waals surface area contributed by atoms with Crippen LogP contribution in [0.4, 0.5) is 4.39 Å². The number of nitrogens with one attached hydrogen (secondary N) is 1. The van der Waals surface area contributed by atoms with Crippen molar-refractivity contribution in [1.29, 1.82) is 0 Å². The molecule has 7 heteroatoms. The Morgan fingerprint density at radius 1 is 0.971 bits per heavy atom. The van der Waals surface area contributed by atoms with E-state index in [1.54, 1.807) is 12.1 Å². The molecule has 2 aromatic rings. The van der Waals surface area contributed by atoms with Crippen molar-refractivity contribution in [3.63, 3.8) is 0 Å². The summed E-state index contributed by atoms with van der Waals surface area (Å²) < 4.78 is 13.7. The number of rotatable bonds is 5. The molecule has 2 fully saturated rings. The standard InChI is InChI=1S/C28H38FN3O.2ClH/c1-28(2,3)25-20-31(17-18-32(25)26(33)19-21-13-15-30-16-14-21)27(22-7-5-4-6-8-22)23-9-11-24(29)12-10-23;;/h4-12,21,25,27,30H,13-20H2,1-3H3;2*1H/t25-,27?;;/m1../s1. The number of carbonyl (C=O) groups is 1. The van der Waals surface area contributed by atoms with Gasteiger partial charge >= 0.3 is 0 Å².